The van der Waals surface area contributed by atoms with Gasteiger partial charge in [0.25, 0.3) is 0 Å². The summed E-state index contributed by atoms with van der Waals surface area (Å²) in [5.74, 6) is 0.777. The molecule has 0 spiro atoms. The molecule has 0 amide bonds. The fraction of sp³-hybridized carbons (Fsp3) is 0.538. The third kappa shape index (κ3) is 2.15. The number of rotatable bonds is 3. The van der Waals surface area contributed by atoms with Crippen molar-refractivity contribution in [3.05, 3.63) is 29.8 Å². The third-order valence-electron chi connectivity index (χ3n) is 3.43. The summed E-state index contributed by atoms with van der Waals surface area (Å²) in [4.78, 5) is 2.14. The number of nitrogens with zero attached hydrogens (tertiary/aromatic N) is 1. The van der Waals surface area contributed by atoms with Crippen molar-refractivity contribution in [1.29, 1.82) is 0 Å². The highest BCUT2D eigenvalue weighted by atomic mass is 15.1. The molecule has 1 aliphatic carbocycles. The Kier molecular flexibility index (Phi) is 2.96. The van der Waals surface area contributed by atoms with E-state index < -0.39 is 0 Å². The summed E-state index contributed by atoms with van der Waals surface area (Å²) in [5.41, 5.74) is 2.77. The number of benzene rings is 1. The topological polar surface area (TPSA) is 15.3 Å². The summed E-state index contributed by atoms with van der Waals surface area (Å²) in [7, 11) is 6.21. The molecule has 0 radical (unpaired) electrons. The van der Waals surface area contributed by atoms with Gasteiger partial charge in [-0.3, -0.25) is 0 Å². The van der Waals surface area contributed by atoms with Crippen molar-refractivity contribution in [2.24, 2.45) is 0 Å². The van der Waals surface area contributed by atoms with Crippen LogP contribution in [0.15, 0.2) is 24.3 Å². The van der Waals surface area contributed by atoms with Crippen LogP contribution in [0.25, 0.3) is 0 Å². The predicted octanol–water partition coefficient (Wildman–Crippen LogP) is 2.22. The Labute approximate surface area is 92.3 Å². The van der Waals surface area contributed by atoms with Gasteiger partial charge in [0.1, 0.15) is 0 Å². The van der Waals surface area contributed by atoms with Gasteiger partial charge in [-0.25, -0.2) is 0 Å². The normalized spacial score (nSPS) is 24.7. The summed E-state index contributed by atoms with van der Waals surface area (Å²) in [6.45, 7) is 0. The molecule has 1 aromatic rings. The van der Waals surface area contributed by atoms with E-state index in [4.69, 9.17) is 0 Å². The van der Waals surface area contributed by atoms with E-state index in [1.54, 1.807) is 0 Å². The van der Waals surface area contributed by atoms with E-state index in [1.165, 1.54) is 24.1 Å². The van der Waals surface area contributed by atoms with Gasteiger partial charge in [-0.2, -0.15) is 0 Å². The van der Waals surface area contributed by atoms with Crippen LogP contribution in [0.2, 0.25) is 0 Å². The molecule has 0 unspecified atom stereocenters. The van der Waals surface area contributed by atoms with Crippen LogP contribution in [0, 0.1) is 0 Å². The molecule has 0 atom stereocenters. The number of nitrogens with one attached hydrogen (secondary N) is 1. The second kappa shape index (κ2) is 4.23. The maximum Gasteiger partial charge on any atom is 0.0361 e. The molecule has 0 aliphatic heterocycles. The Morgan fingerprint density at radius 3 is 2.20 bits per heavy atom. The van der Waals surface area contributed by atoms with E-state index in [-0.39, 0.29) is 0 Å². The first-order chi connectivity index (χ1) is 7.20. The summed E-state index contributed by atoms with van der Waals surface area (Å²) < 4.78 is 0. The Morgan fingerprint density at radius 2 is 1.73 bits per heavy atom. The summed E-state index contributed by atoms with van der Waals surface area (Å²) in [6.07, 6.45) is 2.58. The lowest BCUT2D eigenvalue weighted by Gasteiger charge is -2.35. The highest BCUT2D eigenvalue weighted by molar-refractivity contribution is 5.46. The zero-order valence-corrected chi connectivity index (χ0v) is 9.83. The van der Waals surface area contributed by atoms with Crippen molar-refractivity contribution in [2.45, 2.75) is 24.8 Å². The van der Waals surface area contributed by atoms with Crippen molar-refractivity contribution in [2.75, 3.05) is 26.0 Å². The van der Waals surface area contributed by atoms with Crippen LogP contribution in [0.4, 0.5) is 5.69 Å². The van der Waals surface area contributed by atoms with Crippen molar-refractivity contribution in [3.63, 3.8) is 0 Å². The zero-order valence-electron chi connectivity index (χ0n) is 9.83. The van der Waals surface area contributed by atoms with E-state index in [0.717, 1.165) is 12.0 Å². The minimum Gasteiger partial charge on any atom is -0.378 e. The summed E-state index contributed by atoms with van der Waals surface area (Å²) in [5, 5.41) is 3.32. The average Bonchev–Trinajstić information content (AvgIpc) is 2.17. The molecule has 2 rings (SSSR count). The van der Waals surface area contributed by atoms with Crippen molar-refractivity contribution >= 4 is 5.69 Å². The molecular formula is C13H20N2. The van der Waals surface area contributed by atoms with E-state index >= 15 is 0 Å². The monoisotopic (exact) mass is 204 g/mol. The smallest absolute Gasteiger partial charge is 0.0361 e. The van der Waals surface area contributed by atoms with Crippen LogP contribution in [0.3, 0.4) is 0 Å². The number of hydrogen-bond acceptors (Lipinski definition) is 2. The minimum atomic E-state index is 0.739. The van der Waals surface area contributed by atoms with Crippen LogP contribution < -0.4 is 10.2 Å². The van der Waals surface area contributed by atoms with Gasteiger partial charge in [0.2, 0.25) is 0 Å². The van der Waals surface area contributed by atoms with E-state index in [9.17, 15) is 0 Å². The van der Waals surface area contributed by atoms with Gasteiger partial charge in [0, 0.05) is 25.8 Å². The van der Waals surface area contributed by atoms with E-state index in [2.05, 4.69) is 55.6 Å². The largest absolute Gasteiger partial charge is 0.378 e. The fourth-order valence-electron chi connectivity index (χ4n) is 2.17. The summed E-state index contributed by atoms with van der Waals surface area (Å²) >= 11 is 0. The Morgan fingerprint density at radius 1 is 1.13 bits per heavy atom. The van der Waals surface area contributed by atoms with Gasteiger partial charge in [0.15, 0.2) is 0 Å². The third-order valence-corrected chi connectivity index (χ3v) is 3.43. The summed E-state index contributed by atoms with van der Waals surface area (Å²) in [6, 6.07) is 9.70. The molecule has 1 aromatic carbocycles. The molecule has 1 aliphatic rings. The number of anilines is 1. The number of hydrogen-bond donors (Lipinski definition) is 1. The van der Waals surface area contributed by atoms with Crippen LogP contribution >= 0.6 is 0 Å². The zero-order chi connectivity index (χ0) is 10.8. The molecule has 2 nitrogen and oxygen atoms in total. The maximum absolute atomic E-state index is 3.32. The van der Waals surface area contributed by atoms with Gasteiger partial charge < -0.3 is 10.2 Å². The van der Waals surface area contributed by atoms with Crippen LogP contribution in [0.1, 0.15) is 24.3 Å². The second-order valence-corrected chi connectivity index (χ2v) is 4.64. The van der Waals surface area contributed by atoms with Crippen molar-refractivity contribution in [1.82, 2.24) is 5.32 Å². The standard InChI is InChI=1S/C13H20N2/c1-14-12-8-11(9-12)10-4-6-13(7-5-10)15(2)3/h4-7,11-12,14H,8-9H2,1-3H3. The van der Waals surface area contributed by atoms with E-state index in [1.807, 2.05) is 0 Å². The molecule has 1 saturated carbocycles. The molecule has 0 bridgehead atoms. The van der Waals surface area contributed by atoms with Crippen LogP contribution in [-0.2, 0) is 0 Å². The van der Waals surface area contributed by atoms with Gasteiger partial charge >= 0.3 is 0 Å². The Balaban J connectivity index is 1.99. The average molecular weight is 204 g/mol. The molecular weight excluding hydrogens is 184 g/mol. The molecule has 0 aromatic heterocycles. The quantitative estimate of drug-likeness (QED) is 0.812. The highest BCUT2D eigenvalue weighted by Gasteiger charge is 2.28. The first-order valence-corrected chi connectivity index (χ1v) is 5.65. The Bertz CT molecular complexity index is 310. The SMILES string of the molecule is CNC1CC(c2ccc(N(C)C)cc2)C1. The molecule has 0 saturated heterocycles. The van der Waals surface area contributed by atoms with Gasteiger partial charge in [0.05, 0.1) is 0 Å². The lowest BCUT2D eigenvalue weighted by molar-refractivity contribution is 0.307. The minimum absolute atomic E-state index is 0.739. The lowest BCUT2D eigenvalue weighted by Crippen LogP contribution is -2.37. The molecule has 1 N–H and O–H groups in total. The first kappa shape index (κ1) is 10.5. The second-order valence-electron chi connectivity index (χ2n) is 4.64. The van der Waals surface area contributed by atoms with Crippen LogP contribution in [0.5, 0.6) is 0 Å². The van der Waals surface area contributed by atoms with Gasteiger partial charge in [-0.15, -0.1) is 0 Å². The first-order valence-electron chi connectivity index (χ1n) is 5.65. The molecule has 15 heavy (non-hydrogen) atoms. The molecule has 2 heteroatoms. The Hall–Kier alpha value is -1.02. The van der Waals surface area contributed by atoms with Crippen molar-refractivity contribution in [3.8, 4) is 0 Å². The van der Waals surface area contributed by atoms with Crippen LogP contribution in [-0.4, -0.2) is 27.2 Å². The molecule has 0 heterocycles. The van der Waals surface area contributed by atoms with E-state index in [0.29, 0.717) is 0 Å². The molecule has 1 fully saturated rings. The highest BCUT2D eigenvalue weighted by Crippen LogP contribution is 2.37. The maximum atomic E-state index is 3.32. The van der Waals surface area contributed by atoms with Gasteiger partial charge in [-0.1, -0.05) is 12.1 Å². The molecule has 82 valence electrons. The van der Waals surface area contributed by atoms with Gasteiger partial charge in [-0.05, 0) is 43.5 Å². The fourth-order valence-corrected chi connectivity index (χ4v) is 2.17. The van der Waals surface area contributed by atoms with Crippen molar-refractivity contribution < 1.29 is 0 Å². The lowest BCUT2D eigenvalue weighted by atomic mass is 9.76. The predicted molar refractivity (Wildman–Crippen MR) is 65.6 cm³/mol.